The van der Waals surface area contributed by atoms with E-state index >= 15 is 0 Å². The van der Waals surface area contributed by atoms with E-state index in [2.05, 4.69) is 20.7 Å². The Labute approximate surface area is 116 Å². The van der Waals surface area contributed by atoms with Crippen LogP contribution in [0.4, 0.5) is 4.39 Å². The molecule has 1 aromatic rings. The van der Waals surface area contributed by atoms with Crippen LogP contribution in [0.3, 0.4) is 0 Å². The molecule has 102 valence electrons. The van der Waals surface area contributed by atoms with Crippen LogP contribution in [0, 0.1) is 5.82 Å². The molecule has 0 aliphatic carbocycles. The Morgan fingerprint density at radius 3 is 2.50 bits per heavy atom. The number of halogens is 2. The SMILES string of the molecule is CCC(C)(CCBr)NS(=O)(=O)c1ccccc1F. The van der Waals surface area contributed by atoms with Gasteiger partial charge in [-0.1, -0.05) is 35.0 Å². The minimum atomic E-state index is -3.83. The summed E-state index contributed by atoms with van der Waals surface area (Å²) in [6.45, 7) is 3.71. The molecule has 1 N–H and O–H groups in total. The third kappa shape index (κ3) is 3.76. The van der Waals surface area contributed by atoms with Crippen LogP contribution in [-0.4, -0.2) is 19.3 Å². The first-order chi connectivity index (χ1) is 8.34. The summed E-state index contributed by atoms with van der Waals surface area (Å²) in [5, 5.41) is 0.678. The zero-order chi connectivity index (χ0) is 13.8. The topological polar surface area (TPSA) is 46.2 Å². The molecule has 0 aliphatic heterocycles. The molecule has 0 aromatic heterocycles. The van der Waals surface area contributed by atoms with Crippen LogP contribution in [0.2, 0.25) is 0 Å². The maximum Gasteiger partial charge on any atom is 0.243 e. The third-order valence-electron chi connectivity index (χ3n) is 2.93. The van der Waals surface area contributed by atoms with E-state index in [1.54, 1.807) is 0 Å². The largest absolute Gasteiger partial charge is 0.243 e. The summed E-state index contributed by atoms with van der Waals surface area (Å²) in [5.41, 5.74) is -0.579. The Bertz CT molecular complexity index is 507. The smallest absolute Gasteiger partial charge is 0.207 e. The lowest BCUT2D eigenvalue weighted by atomic mass is 9.98. The first kappa shape index (κ1) is 15.6. The molecule has 3 nitrogen and oxygen atoms in total. The van der Waals surface area contributed by atoms with E-state index in [0.717, 1.165) is 6.07 Å². The van der Waals surface area contributed by atoms with Crippen molar-refractivity contribution in [3.63, 3.8) is 0 Å². The fourth-order valence-electron chi connectivity index (χ4n) is 1.55. The minimum absolute atomic E-state index is 0.306. The highest BCUT2D eigenvalue weighted by Gasteiger charge is 2.29. The standard InChI is InChI=1S/C12H17BrFNO2S/c1-3-12(2,8-9-13)15-18(16,17)11-7-5-4-6-10(11)14/h4-7,15H,3,8-9H2,1-2H3. The van der Waals surface area contributed by atoms with Crippen LogP contribution >= 0.6 is 15.9 Å². The molecule has 1 aromatic carbocycles. The van der Waals surface area contributed by atoms with Crippen LogP contribution in [0.25, 0.3) is 0 Å². The average Bonchev–Trinajstić information content (AvgIpc) is 2.29. The van der Waals surface area contributed by atoms with E-state index in [-0.39, 0.29) is 4.90 Å². The number of hydrogen-bond acceptors (Lipinski definition) is 2. The Balaban J connectivity index is 3.06. The molecule has 0 aliphatic rings. The summed E-state index contributed by atoms with van der Waals surface area (Å²) in [4.78, 5) is -0.306. The van der Waals surface area contributed by atoms with Crippen molar-refractivity contribution in [2.24, 2.45) is 0 Å². The zero-order valence-electron chi connectivity index (χ0n) is 10.4. The highest BCUT2D eigenvalue weighted by atomic mass is 79.9. The number of nitrogens with one attached hydrogen (secondary N) is 1. The van der Waals surface area contributed by atoms with Crippen molar-refractivity contribution in [2.45, 2.75) is 37.1 Å². The molecule has 0 saturated heterocycles. The van der Waals surface area contributed by atoms with Gasteiger partial charge in [-0.3, -0.25) is 0 Å². The van der Waals surface area contributed by atoms with Crippen molar-refractivity contribution in [2.75, 3.05) is 5.33 Å². The van der Waals surface area contributed by atoms with Crippen LogP contribution in [0.15, 0.2) is 29.2 Å². The molecule has 1 rings (SSSR count). The van der Waals surface area contributed by atoms with E-state index in [4.69, 9.17) is 0 Å². The fourth-order valence-corrected chi connectivity index (χ4v) is 4.01. The van der Waals surface area contributed by atoms with Crippen LogP contribution in [0.5, 0.6) is 0 Å². The predicted octanol–water partition coefficient (Wildman–Crippen LogP) is 3.06. The molecular weight excluding hydrogens is 321 g/mol. The number of sulfonamides is 1. The lowest BCUT2D eigenvalue weighted by Crippen LogP contribution is -2.45. The van der Waals surface area contributed by atoms with Gasteiger partial charge in [0.1, 0.15) is 10.7 Å². The van der Waals surface area contributed by atoms with Crippen molar-refractivity contribution in [1.29, 1.82) is 0 Å². The highest BCUT2D eigenvalue weighted by Crippen LogP contribution is 2.21. The number of alkyl halides is 1. The normalized spacial score (nSPS) is 15.3. The maximum absolute atomic E-state index is 13.5. The monoisotopic (exact) mass is 337 g/mol. The first-order valence-corrected chi connectivity index (χ1v) is 8.29. The Morgan fingerprint density at radius 1 is 1.39 bits per heavy atom. The quantitative estimate of drug-likeness (QED) is 0.811. The first-order valence-electron chi connectivity index (χ1n) is 5.69. The lowest BCUT2D eigenvalue weighted by Gasteiger charge is -2.28. The van der Waals surface area contributed by atoms with Gasteiger partial charge in [-0.05, 0) is 31.9 Å². The molecule has 0 bridgehead atoms. The number of benzene rings is 1. The van der Waals surface area contributed by atoms with Crippen LogP contribution < -0.4 is 4.72 Å². The van der Waals surface area contributed by atoms with Crippen molar-refractivity contribution in [3.8, 4) is 0 Å². The Kier molecular flexibility index (Phi) is 5.31. The molecule has 0 heterocycles. The van der Waals surface area contributed by atoms with Gasteiger partial charge in [0.2, 0.25) is 10.0 Å². The summed E-state index contributed by atoms with van der Waals surface area (Å²) in [6.07, 6.45) is 1.27. The fraction of sp³-hybridized carbons (Fsp3) is 0.500. The minimum Gasteiger partial charge on any atom is -0.207 e. The number of rotatable bonds is 6. The second kappa shape index (κ2) is 6.12. The van der Waals surface area contributed by atoms with E-state index in [0.29, 0.717) is 18.2 Å². The van der Waals surface area contributed by atoms with Gasteiger partial charge in [0.25, 0.3) is 0 Å². The van der Waals surface area contributed by atoms with Crippen molar-refractivity contribution in [3.05, 3.63) is 30.1 Å². The van der Waals surface area contributed by atoms with Crippen LogP contribution in [-0.2, 0) is 10.0 Å². The summed E-state index contributed by atoms with van der Waals surface area (Å²) < 4.78 is 40.4. The zero-order valence-corrected chi connectivity index (χ0v) is 12.8. The van der Waals surface area contributed by atoms with Crippen molar-refractivity contribution in [1.82, 2.24) is 4.72 Å². The van der Waals surface area contributed by atoms with Gasteiger partial charge < -0.3 is 0 Å². The molecule has 1 unspecified atom stereocenters. The van der Waals surface area contributed by atoms with E-state index in [1.165, 1.54) is 18.2 Å². The summed E-state index contributed by atoms with van der Waals surface area (Å²) >= 11 is 3.30. The molecule has 0 saturated carbocycles. The van der Waals surface area contributed by atoms with Crippen molar-refractivity contribution < 1.29 is 12.8 Å². The highest BCUT2D eigenvalue weighted by molar-refractivity contribution is 9.09. The summed E-state index contributed by atoms with van der Waals surface area (Å²) in [7, 11) is -3.83. The Hall–Kier alpha value is -0.460. The van der Waals surface area contributed by atoms with Gasteiger partial charge in [0, 0.05) is 10.9 Å². The Morgan fingerprint density at radius 2 is 2.00 bits per heavy atom. The average molecular weight is 338 g/mol. The molecule has 18 heavy (non-hydrogen) atoms. The van der Waals surface area contributed by atoms with E-state index in [1.807, 2.05) is 13.8 Å². The summed E-state index contributed by atoms with van der Waals surface area (Å²) in [5.74, 6) is -0.734. The lowest BCUT2D eigenvalue weighted by molar-refractivity contribution is 0.391. The van der Waals surface area contributed by atoms with Gasteiger partial charge in [-0.15, -0.1) is 0 Å². The van der Waals surface area contributed by atoms with Gasteiger partial charge in [0.05, 0.1) is 0 Å². The molecular formula is C12H17BrFNO2S. The molecule has 0 fully saturated rings. The van der Waals surface area contributed by atoms with E-state index in [9.17, 15) is 12.8 Å². The molecule has 6 heteroatoms. The molecule has 0 radical (unpaired) electrons. The molecule has 1 atom stereocenters. The van der Waals surface area contributed by atoms with Gasteiger partial charge >= 0.3 is 0 Å². The molecule has 0 amide bonds. The maximum atomic E-state index is 13.5. The van der Waals surface area contributed by atoms with Crippen LogP contribution in [0.1, 0.15) is 26.7 Å². The number of hydrogen-bond donors (Lipinski definition) is 1. The van der Waals surface area contributed by atoms with Gasteiger partial charge in [-0.2, -0.15) is 0 Å². The van der Waals surface area contributed by atoms with E-state index < -0.39 is 21.4 Å². The predicted molar refractivity (Wildman–Crippen MR) is 73.8 cm³/mol. The second-order valence-electron chi connectivity index (χ2n) is 4.39. The molecule has 0 spiro atoms. The summed E-state index contributed by atoms with van der Waals surface area (Å²) in [6, 6.07) is 5.38. The van der Waals surface area contributed by atoms with Crippen molar-refractivity contribution >= 4 is 26.0 Å². The van der Waals surface area contributed by atoms with Gasteiger partial charge in [0.15, 0.2) is 0 Å². The second-order valence-corrected chi connectivity index (χ2v) is 6.83. The van der Waals surface area contributed by atoms with Gasteiger partial charge in [-0.25, -0.2) is 17.5 Å². The third-order valence-corrected chi connectivity index (χ3v) is 5.00.